The summed E-state index contributed by atoms with van der Waals surface area (Å²) >= 11 is 1.86. The van der Waals surface area contributed by atoms with Gasteiger partial charge in [0.25, 0.3) is 0 Å². The number of fused-ring (bicyclic) bond motifs is 5. The van der Waals surface area contributed by atoms with Crippen molar-refractivity contribution in [3.8, 4) is 33.4 Å². The number of benzene rings is 9. The van der Waals surface area contributed by atoms with E-state index in [-0.39, 0.29) is 0 Å². The van der Waals surface area contributed by atoms with Crippen molar-refractivity contribution in [1.29, 1.82) is 0 Å². The molecule has 2 heteroatoms. The maximum Gasteiger partial charge on any atom is 0.0467 e. The Kier molecular flexibility index (Phi) is 7.41. The maximum atomic E-state index is 2.37. The fourth-order valence-corrected chi connectivity index (χ4v) is 8.64. The Hall–Kier alpha value is -6.48. The highest BCUT2D eigenvalue weighted by atomic mass is 32.1. The van der Waals surface area contributed by atoms with E-state index in [9.17, 15) is 0 Å². The largest absolute Gasteiger partial charge is 0.310 e. The monoisotopic (exact) mass is 679 g/mol. The molecule has 0 bridgehead atoms. The number of anilines is 3. The van der Waals surface area contributed by atoms with Gasteiger partial charge in [0, 0.05) is 37.2 Å². The molecule has 0 amide bonds. The van der Waals surface area contributed by atoms with E-state index in [0.717, 1.165) is 17.1 Å². The highest BCUT2D eigenvalue weighted by Crippen LogP contribution is 2.40. The van der Waals surface area contributed by atoms with Gasteiger partial charge in [-0.2, -0.15) is 0 Å². The lowest BCUT2D eigenvalue weighted by molar-refractivity contribution is 1.28. The summed E-state index contributed by atoms with van der Waals surface area (Å²) in [7, 11) is 0. The third-order valence-electron chi connectivity index (χ3n) is 10.2. The normalized spacial score (nSPS) is 11.5. The Labute approximate surface area is 307 Å². The number of rotatable bonds is 6. The summed E-state index contributed by atoms with van der Waals surface area (Å²) in [6, 6.07) is 73.0. The first-order chi connectivity index (χ1) is 25.7. The number of para-hydroxylation sites is 1. The molecule has 0 saturated heterocycles. The molecular formula is C50H33NS. The van der Waals surface area contributed by atoms with E-state index in [1.54, 1.807) is 0 Å². The molecule has 0 radical (unpaired) electrons. The van der Waals surface area contributed by atoms with Crippen LogP contribution in [0.15, 0.2) is 200 Å². The minimum atomic E-state index is 1.12. The zero-order valence-electron chi connectivity index (χ0n) is 28.4. The predicted octanol–water partition coefficient (Wildman–Crippen LogP) is 14.8. The van der Waals surface area contributed by atoms with Crippen LogP contribution in [0.25, 0.3) is 75.1 Å². The number of hydrogen-bond acceptors (Lipinski definition) is 2. The topological polar surface area (TPSA) is 3.24 Å². The van der Waals surface area contributed by atoms with Gasteiger partial charge in [-0.15, -0.1) is 11.3 Å². The molecule has 1 nitrogen and oxygen atoms in total. The van der Waals surface area contributed by atoms with Gasteiger partial charge in [-0.1, -0.05) is 127 Å². The first kappa shape index (κ1) is 30.4. The molecule has 0 fully saturated rings. The second kappa shape index (κ2) is 12.7. The zero-order valence-corrected chi connectivity index (χ0v) is 29.2. The van der Waals surface area contributed by atoms with E-state index in [2.05, 4.69) is 205 Å². The molecule has 0 aliphatic carbocycles. The summed E-state index contributed by atoms with van der Waals surface area (Å²) in [5.41, 5.74) is 10.6. The zero-order chi connectivity index (χ0) is 34.4. The standard InChI is InChI=1S/C50H33NS/c1-2-14-44(15-3-1)51(46-17-9-13-38(32-46)42-26-27-50-48(33-42)47-18-6-7-19-49(47)52-50)45-16-8-12-37(31-45)40-24-21-35-22-25-41(30-43(35)29-40)39-23-20-34-10-4-5-11-36(34)28-39/h1-33H. The molecule has 244 valence electrons. The van der Waals surface area contributed by atoms with Crippen molar-refractivity contribution in [3.05, 3.63) is 200 Å². The Bertz CT molecular complexity index is 2920. The van der Waals surface area contributed by atoms with Crippen LogP contribution in [0, 0.1) is 0 Å². The fraction of sp³-hybridized carbons (Fsp3) is 0. The first-order valence-electron chi connectivity index (χ1n) is 17.7. The molecule has 1 aromatic heterocycles. The van der Waals surface area contributed by atoms with Gasteiger partial charge in [0.1, 0.15) is 0 Å². The number of hydrogen-bond donors (Lipinski definition) is 0. The quantitative estimate of drug-likeness (QED) is 0.169. The Morgan fingerprint density at radius 1 is 0.269 bits per heavy atom. The van der Waals surface area contributed by atoms with Crippen LogP contribution in [0.5, 0.6) is 0 Å². The van der Waals surface area contributed by atoms with E-state index in [1.165, 1.54) is 75.1 Å². The molecule has 1 heterocycles. The van der Waals surface area contributed by atoms with Crippen molar-refractivity contribution in [2.45, 2.75) is 0 Å². The van der Waals surface area contributed by atoms with Crippen LogP contribution < -0.4 is 4.90 Å². The maximum absolute atomic E-state index is 2.37. The smallest absolute Gasteiger partial charge is 0.0467 e. The van der Waals surface area contributed by atoms with Crippen molar-refractivity contribution in [2.24, 2.45) is 0 Å². The Balaban J connectivity index is 1.04. The van der Waals surface area contributed by atoms with Crippen molar-refractivity contribution in [3.63, 3.8) is 0 Å². The van der Waals surface area contributed by atoms with Crippen LogP contribution in [0.1, 0.15) is 0 Å². The lowest BCUT2D eigenvalue weighted by Gasteiger charge is -2.26. The summed E-state index contributed by atoms with van der Waals surface area (Å²) in [5.74, 6) is 0. The molecule has 0 saturated carbocycles. The van der Waals surface area contributed by atoms with Gasteiger partial charge in [0.2, 0.25) is 0 Å². The molecule has 0 atom stereocenters. The fourth-order valence-electron chi connectivity index (χ4n) is 7.55. The molecule has 0 spiro atoms. The van der Waals surface area contributed by atoms with Crippen molar-refractivity contribution in [1.82, 2.24) is 0 Å². The SMILES string of the molecule is c1ccc(N(c2cccc(-c3ccc4ccc(-c5ccc6ccccc6c5)cc4c3)c2)c2cccc(-c3ccc4sc5ccccc5c4c3)c2)cc1. The lowest BCUT2D eigenvalue weighted by atomic mass is 9.96. The summed E-state index contributed by atoms with van der Waals surface area (Å²) in [5, 5.41) is 7.63. The average Bonchev–Trinajstić information content (AvgIpc) is 3.59. The summed E-state index contributed by atoms with van der Waals surface area (Å²) < 4.78 is 2.65. The van der Waals surface area contributed by atoms with Gasteiger partial charge in [0.05, 0.1) is 0 Å². The molecule has 0 unspecified atom stereocenters. The Morgan fingerprint density at radius 2 is 0.750 bits per heavy atom. The van der Waals surface area contributed by atoms with Crippen LogP contribution in [-0.4, -0.2) is 0 Å². The molecule has 10 rings (SSSR count). The predicted molar refractivity (Wildman–Crippen MR) is 225 cm³/mol. The molecule has 9 aromatic carbocycles. The highest BCUT2D eigenvalue weighted by molar-refractivity contribution is 7.25. The molecule has 10 aromatic rings. The van der Waals surface area contributed by atoms with Crippen molar-refractivity contribution in [2.75, 3.05) is 4.90 Å². The summed E-state index contributed by atoms with van der Waals surface area (Å²) in [6.07, 6.45) is 0. The third kappa shape index (κ3) is 5.51. The highest BCUT2D eigenvalue weighted by Gasteiger charge is 2.15. The van der Waals surface area contributed by atoms with E-state index in [1.807, 2.05) is 11.3 Å². The van der Waals surface area contributed by atoms with Gasteiger partial charge in [-0.05, 0) is 128 Å². The minimum Gasteiger partial charge on any atom is -0.310 e. The van der Waals surface area contributed by atoms with Gasteiger partial charge in [-0.3, -0.25) is 0 Å². The van der Waals surface area contributed by atoms with E-state index in [0.29, 0.717) is 0 Å². The molecule has 0 aliphatic heterocycles. The van der Waals surface area contributed by atoms with Crippen LogP contribution in [-0.2, 0) is 0 Å². The lowest BCUT2D eigenvalue weighted by Crippen LogP contribution is -2.10. The number of nitrogens with zero attached hydrogens (tertiary/aromatic N) is 1. The molecule has 0 N–H and O–H groups in total. The average molecular weight is 680 g/mol. The van der Waals surface area contributed by atoms with Crippen LogP contribution >= 0.6 is 11.3 Å². The second-order valence-electron chi connectivity index (χ2n) is 13.4. The van der Waals surface area contributed by atoms with Gasteiger partial charge in [0.15, 0.2) is 0 Å². The van der Waals surface area contributed by atoms with Crippen molar-refractivity contribution >= 4 is 70.1 Å². The van der Waals surface area contributed by atoms with Gasteiger partial charge in [-0.25, -0.2) is 0 Å². The summed E-state index contributed by atoms with van der Waals surface area (Å²) in [6.45, 7) is 0. The third-order valence-corrected chi connectivity index (χ3v) is 11.3. The van der Waals surface area contributed by atoms with Gasteiger partial charge >= 0.3 is 0 Å². The second-order valence-corrected chi connectivity index (χ2v) is 14.5. The summed E-state index contributed by atoms with van der Waals surface area (Å²) in [4.78, 5) is 2.37. The van der Waals surface area contributed by atoms with Crippen molar-refractivity contribution < 1.29 is 0 Å². The molecule has 52 heavy (non-hydrogen) atoms. The molecule has 0 aliphatic rings. The Morgan fingerprint density at radius 3 is 1.44 bits per heavy atom. The number of thiophene rings is 1. The van der Waals surface area contributed by atoms with E-state index < -0.39 is 0 Å². The van der Waals surface area contributed by atoms with E-state index >= 15 is 0 Å². The van der Waals surface area contributed by atoms with E-state index in [4.69, 9.17) is 0 Å². The minimum absolute atomic E-state index is 1.12. The van der Waals surface area contributed by atoms with Crippen LogP contribution in [0.4, 0.5) is 17.1 Å². The van der Waals surface area contributed by atoms with Gasteiger partial charge < -0.3 is 4.90 Å². The first-order valence-corrected chi connectivity index (χ1v) is 18.6. The van der Waals surface area contributed by atoms with Crippen LogP contribution in [0.3, 0.4) is 0 Å². The molecular weight excluding hydrogens is 647 g/mol. The van der Waals surface area contributed by atoms with Crippen LogP contribution in [0.2, 0.25) is 0 Å².